The van der Waals surface area contributed by atoms with E-state index >= 15 is 0 Å². The molecule has 7 heteroatoms. The van der Waals surface area contributed by atoms with Crippen molar-refractivity contribution in [3.8, 4) is 0 Å². The van der Waals surface area contributed by atoms with Gasteiger partial charge in [-0.15, -0.1) is 12.4 Å². The molecular formula is C11H14ClF3N2O. The van der Waals surface area contributed by atoms with Gasteiger partial charge in [-0.05, 0) is 17.7 Å². The molecule has 0 aliphatic rings. The van der Waals surface area contributed by atoms with E-state index in [1.807, 2.05) is 0 Å². The van der Waals surface area contributed by atoms with Gasteiger partial charge in [0.25, 0.3) is 0 Å². The van der Waals surface area contributed by atoms with Crippen molar-refractivity contribution in [2.45, 2.75) is 25.6 Å². The summed E-state index contributed by atoms with van der Waals surface area (Å²) < 4.78 is 35.6. The molecular weight excluding hydrogens is 269 g/mol. The average molecular weight is 283 g/mol. The molecule has 1 rings (SSSR count). The Morgan fingerprint density at radius 3 is 2.22 bits per heavy atom. The zero-order valence-electron chi connectivity index (χ0n) is 9.46. The van der Waals surface area contributed by atoms with Gasteiger partial charge in [-0.25, -0.2) is 0 Å². The van der Waals surface area contributed by atoms with Crippen LogP contribution in [0.25, 0.3) is 0 Å². The van der Waals surface area contributed by atoms with Crippen molar-refractivity contribution in [2.75, 3.05) is 5.32 Å². The van der Waals surface area contributed by atoms with E-state index in [1.165, 1.54) is 0 Å². The van der Waals surface area contributed by atoms with Crippen LogP contribution in [0.4, 0.5) is 18.9 Å². The Morgan fingerprint density at radius 1 is 1.22 bits per heavy atom. The first-order valence-electron chi connectivity index (χ1n) is 5.06. The summed E-state index contributed by atoms with van der Waals surface area (Å²) in [5.74, 6) is -0.650. The molecule has 0 aliphatic heterocycles. The highest BCUT2D eigenvalue weighted by molar-refractivity contribution is 5.90. The van der Waals surface area contributed by atoms with E-state index in [2.05, 4.69) is 5.32 Å². The summed E-state index contributed by atoms with van der Waals surface area (Å²) in [7, 11) is 0. The van der Waals surface area contributed by atoms with E-state index in [0.717, 1.165) is 5.56 Å². The summed E-state index contributed by atoms with van der Waals surface area (Å²) in [5.41, 5.74) is 6.74. The summed E-state index contributed by atoms with van der Waals surface area (Å²) in [6, 6.07) is 6.63. The Morgan fingerprint density at radius 2 is 1.78 bits per heavy atom. The van der Waals surface area contributed by atoms with E-state index in [9.17, 15) is 18.0 Å². The van der Waals surface area contributed by atoms with Gasteiger partial charge in [-0.3, -0.25) is 4.79 Å². The minimum absolute atomic E-state index is 0. The first-order chi connectivity index (χ1) is 7.90. The SMILES string of the molecule is Cl.NCc1ccc(NC(=O)CCC(F)(F)F)cc1. The van der Waals surface area contributed by atoms with E-state index in [4.69, 9.17) is 5.73 Å². The van der Waals surface area contributed by atoms with Gasteiger partial charge in [0.2, 0.25) is 5.91 Å². The lowest BCUT2D eigenvalue weighted by molar-refractivity contribution is -0.142. The fourth-order valence-corrected chi connectivity index (χ4v) is 1.20. The average Bonchev–Trinajstić information content (AvgIpc) is 2.27. The van der Waals surface area contributed by atoms with Crippen LogP contribution in [0.15, 0.2) is 24.3 Å². The predicted octanol–water partition coefficient (Wildman–Crippen LogP) is 2.85. The fraction of sp³-hybridized carbons (Fsp3) is 0.364. The van der Waals surface area contributed by atoms with Crippen LogP contribution in [0.3, 0.4) is 0 Å². The number of hydrogen-bond acceptors (Lipinski definition) is 2. The van der Waals surface area contributed by atoms with Crippen LogP contribution in [-0.4, -0.2) is 12.1 Å². The molecule has 3 N–H and O–H groups in total. The number of amides is 1. The molecule has 0 unspecified atom stereocenters. The fourth-order valence-electron chi connectivity index (χ4n) is 1.20. The summed E-state index contributed by atoms with van der Waals surface area (Å²) in [6.45, 7) is 0.377. The third-order valence-electron chi connectivity index (χ3n) is 2.11. The van der Waals surface area contributed by atoms with E-state index in [0.29, 0.717) is 12.2 Å². The van der Waals surface area contributed by atoms with Crippen molar-refractivity contribution in [3.05, 3.63) is 29.8 Å². The molecule has 3 nitrogen and oxygen atoms in total. The second kappa shape index (κ2) is 7.23. The van der Waals surface area contributed by atoms with Gasteiger partial charge in [0.05, 0.1) is 6.42 Å². The maximum atomic E-state index is 11.9. The van der Waals surface area contributed by atoms with E-state index in [1.54, 1.807) is 24.3 Å². The lowest BCUT2D eigenvalue weighted by Gasteiger charge is -2.07. The molecule has 0 saturated heterocycles. The zero-order valence-corrected chi connectivity index (χ0v) is 10.3. The lowest BCUT2D eigenvalue weighted by atomic mass is 10.2. The molecule has 1 aromatic carbocycles. The molecule has 0 aromatic heterocycles. The molecule has 0 heterocycles. The van der Waals surface area contributed by atoms with Gasteiger partial charge < -0.3 is 11.1 Å². The maximum absolute atomic E-state index is 11.9. The first kappa shape index (κ1) is 16.7. The van der Waals surface area contributed by atoms with Crippen molar-refractivity contribution < 1.29 is 18.0 Å². The number of rotatable bonds is 4. The van der Waals surface area contributed by atoms with E-state index < -0.39 is 24.9 Å². The molecule has 102 valence electrons. The minimum Gasteiger partial charge on any atom is -0.326 e. The van der Waals surface area contributed by atoms with Crippen molar-refractivity contribution in [1.29, 1.82) is 0 Å². The largest absolute Gasteiger partial charge is 0.389 e. The summed E-state index contributed by atoms with van der Waals surface area (Å²) in [6.07, 6.45) is -5.98. The number of halogens is 4. The quantitative estimate of drug-likeness (QED) is 0.892. The third kappa shape index (κ3) is 6.46. The van der Waals surface area contributed by atoms with Crippen LogP contribution in [0.5, 0.6) is 0 Å². The molecule has 1 aromatic rings. The molecule has 0 fully saturated rings. The van der Waals surface area contributed by atoms with Crippen LogP contribution in [-0.2, 0) is 11.3 Å². The van der Waals surface area contributed by atoms with Crippen LogP contribution < -0.4 is 11.1 Å². The Hall–Kier alpha value is -1.27. The highest BCUT2D eigenvalue weighted by atomic mass is 35.5. The number of hydrogen-bond donors (Lipinski definition) is 2. The third-order valence-corrected chi connectivity index (χ3v) is 2.11. The molecule has 1 amide bonds. The van der Waals surface area contributed by atoms with Gasteiger partial charge in [-0.1, -0.05) is 12.1 Å². The zero-order chi connectivity index (χ0) is 12.9. The van der Waals surface area contributed by atoms with Crippen molar-refractivity contribution >= 4 is 24.0 Å². The number of carbonyl (C=O) groups excluding carboxylic acids is 1. The normalized spacial score (nSPS) is 10.7. The minimum atomic E-state index is -4.30. The highest BCUT2D eigenvalue weighted by Crippen LogP contribution is 2.21. The number of alkyl halides is 3. The van der Waals surface area contributed by atoms with Gasteiger partial charge in [0, 0.05) is 18.7 Å². The first-order valence-corrected chi connectivity index (χ1v) is 5.06. The molecule has 0 bridgehead atoms. The molecule has 0 saturated carbocycles. The van der Waals surface area contributed by atoms with Crippen molar-refractivity contribution in [1.82, 2.24) is 0 Å². The summed E-state index contributed by atoms with van der Waals surface area (Å²) in [4.78, 5) is 11.2. The Bertz CT molecular complexity index is 379. The Balaban J connectivity index is 0.00000289. The molecule has 0 radical (unpaired) electrons. The number of benzene rings is 1. The number of nitrogens with one attached hydrogen (secondary N) is 1. The highest BCUT2D eigenvalue weighted by Gasteiger charge is 2.27. The van der Waals surface area contributed by atoms with Gasteiger partial charge >= 0.3 is 6.18 Å². The van der Waals surface area contributed by atoms with E-state index in [-0.39, 0.29) is 12.4 Å². The molecule has 0 atom stereocenters. The lowest BCUT2D eigenvalue weighted by Crippen LogP contribution is -2.16. The molecule has 0 spiro atoms. The maximum Gasteiger partial charge on any atom is 0.389 e. The number of anilines is 1. The summed E-state index contributed by atoms with van der Waals surface area (Å²) in [5, 5.41) is 2.39. The predicted molar refractivity (Wildman–Crippen MR) is 65.5 cm³/mol. The second-order valence-corrected chi connectivity index (χ2v) is 3.56. The summed E-state index contributed by atoms with van der Waals surface area (Å²) >= 11 is 0. The molecule has 0 aliphatic carbocycles. The van der Waals surface area contributed by atoms with Crippen molar-refractivity contribution in [2.24, 2.45) is 5.73 Å². The standard InChI is InChI=1S/C11H13F3N2O.ClH/c12-11(13,14)6-5-10(17)16-9-3-1-8(7-15)2-4-9;/h1-4H,5-7,15H2,(H,16,17);1H. The van der Waals surface area contributed by atoms with Gasteiger partial charge in [0.15, 0.2) is 0 Å². The van der Waals surface area contributed by atoms with Gasteiger partial charge in [-0.2, -0.15) is 13.2 Å². The van der Waals surface area contributed by atoms with Gasteiger partial charge in [0.1, 0.15) is 0 Å². The Labute approximate surface area is 109 Å². The van der Waals surface area contributed by atoms with Crippen LogP contribution in [0.1, 0.15) is 18.4 Å². The Kier molecular flexibility index (Phi) is 6.72. The topological polar surface area (TPSA) is 55.1 Å². The number of nitrogens with two attached hydrogens (primary N) is 1. The van der Waals surface area contributed by atoms with Crippen LogP contribution >= 0.6 is 12.4 Å². The molecule has 18 heavy (non-hydrogen) atoms. The van der Waals surface area contributed by atoms with Crippen LogP contribution in [0.2, 0.25) is 0 Å². The van der Waals surface area contributed by atoms with Crippen LogP contribution in [0, 0.1) is 0 Å². The van der Waals surface area contributed by atoms with Crippen molar-refractivity contribution in [3.63, 3.8) is 0 Å². The number of carbonyl (C=O) groups is 1. The monoisotopic (exact) mass is 282 g/mol. The second-order valence-electron chi connectivity index (χ2n) is 3.56. The smallest absolute Gasteiger partial charge is 0.326 e.